The van der Waals surface area contributed by atoms with Gasteiger partial charge in [-0.2, -0.15) is 0 Å². The second-order valence-electron chi connectivity index (χ2n) is 6.60. The highest BCUT2D eigenvalue weighted by Gasteiger charge is 2.22. The Bertz CT molecular complexity index is 554. The number of hydrogen-bond donors (Lipinski definition) is 3. The smallest absolute Gasteiger partial charge is 0.257 e. The normalized spacial score (nSPS) is 18.2. The summed E-state index contributed by atoms with van der Waals surface area (Å²) in [5.74, 6) is 1.43. The van der Waals surface area contributed by atoms with Crippen molar-refractivity contribution in [2.24, 2.45) is 11.8 Å². The number of rotatable bonds is 8. The third-order valence-electron chi connectivity index (χ3n) is 4.53. The lowest BCUT2D eigenvalue weighted by Gasteiger charge is -2.28. The van der Waals surface area contributed by atoms with Gasteiger partial charge in [0.05, 0.1) is 0 Å². The van der Waals surface area contributed by atoms with Crippen molar-refractivity contribution in [1.82, 2.24) is 10.6 Å². The van der Waals surface area contributed by atoms with Crippen LogP contribution in [0.4, 0.5) is 5.69 Å². The van der Waals surface area contributed by atoms with Crippen LogP contribution in [0.5, 0.6) is 5.75 Å². The molecular formula is C19H29N3O3. The number of likely N-dealkylation sites (N-methyl/N-ethyl adjacent to an activating group) is 1. The van der Waals surface area contributed by atoms with E-state index in [9.17, 15) is 9.59 Å². The first kappa shape index (κ1) is 19.2. The minimum atomic E-state index is -0.147. The predicted octanol–water partition coefficient (Wildman–Crippen LogP) is 2.17. The maximum atomic E-state index is 12.2. The predicted molar refractivity (Wildman–Crippen MR) is 98.6 cm³/mol. The molecule has 25 heavy (non-hydrogen) atoms. The average molecular weight is 347 g/mol. The van der Waals surface area contributed by atoms with E-state index in [1.54, 1.807) is 24.3 Å². The van der Waals surface area contributed by atoms with Crippen molar-refractivity contribution in [1.29, 1.82) is 0 Å². The molecule has 0 aliphatic carbocycles. The molecule has 138 valence electrons. The Morgan fingerprint density at radius 1 is 1.28 bits per heavy atom. The summed E-state index contributed by atoms with van der Waals surface area (Å²) in [6.07, 6.45) is 2.91. The summed E-state index contributed by atoms with van der Waals surface area (Å²) in [7, 11) is 0. The quantitative estimate of drug-likeness (QED) is 0.673. The highest BCUT2D eigenvalue weighted by Crippen LogP contribution is 2.23. The molecule has 0 bridgehead atoms. The van der Waals surface area contributed by atoms with Crippen LogP contribution < -0.4 is 20.7 Å². The molecule has 1 aromatic rings. The molecule has 1 saturated heterocycles. The van der Waals surface area contributed by atoms with Crippen molar-refractivity contribution in [3.05, 3.63) is 24.3 Å². The van der Waals surface area contributed by atoms with E-state index in [1.807, 2.05) is 6.92 Å². The fraction of sp³-hybridized carbons (Fsp3) is 0.579. The van der Waals surface area contributed by atoms with E-state index >= 15 is 0 Å². The lowest BCUT2D eigenvalue weighted by atomic mass is 9.85. The first-order valence-electron chi connectivity index (χ1n) is 9.08. The standard InChI is InChI=1S/C19H29N3O3/c1-3-21-19(24)13-25-17-8-6-16(7-9-17)22-18(23)11-14(2)15-5-4-10-20-12-15/h6-9,14-15,20H,3-5,10-13H2,1-2H3,(H,21,24)(H,22,23). The molecule has 1 aliphatic heterocycles. The molecule has 2 unspecified atom stereocenters. The number of carbonyl (C=O) groups excluding carboxylic acids is 2. The number of carbonyl (C=O) groups is 2. The number of nitrogens with one attached hydrogen (secondary N) is 3. The average Bonchev–Trinajstić information content (AvgIpc) is 2.62. The molecule has 2 atom stereocenters. The number of piperidine rings is 1. The van der Waals surface area contributed by atoms with Gasteiger partial charge in [-0.25, -0.2) is 0 Å². The summed E-state index contributed by atoms with van der Waals surface area (Å²) in [5, 5.41) is 9.00. The summed E-state index contributed by atoms with van der Waals surface area (Å²) in [6.45, 7) is 6.68. The third-order valence-corrected chi connectivity index (χ3v) is 4.53. The summed E-state index contributed by atoms with van der Waals surface area (Å²) < 4.78 is 5.39. The number of ether oxygens (including phenoxy) is 1. The van der Waals surface area contributed by atoms with Gasteiger partial charge in [0.1, 0.15) is 5.75 Å². The molecule has 2 amide bonds. The Morgan fingerprint density at radius 3 is 2.68 bits per heavy atom. The molecule has 0 saturated carbocycles. The Balaban J connectivity index is 1.75. The first-order chi connectivity index (χ1) is 12.1. The van der Waals surface area contributed by atoms with Crippen LogP contribution in [0.3, 0.4) is 0 Å². The van der Waals surface area contributed by atoms with Gasteiger partial charge in [-0.3, -0.25) is 9.59 Å². The Hall–Kier alpha value is -2.08. The molecular weight excluding hydrogens is 318 g/mol. The largest absolute Gasteiger partial charge is 0.484 e. The number of amides is 2. The van der Waals surface area contributed by atoms with E-state index in [0.717, 1.165) is 18.8 Å². The Labute approximate surface area is 149 Å². The second-order valence-corrected chi connectivity index (χ2v) is 6.60. The maximum Gasteiger partial charge on any atom is 0.257 e. The van der Waals surface area contributed by atoms with Crippen molar-refractivity contribution in [3.63, 3.8) is 0 Å². The van der Waals surface area contributed by atoms with E-state index in [-0.39, 0.29) is 18.4 Å². The van der Waals surface area contributed by atoms with Gasteiger partial charge in [0.15, 0.2) is 6.61 Å². The molecule has 1 aliphatic rings. The van der Waals surface area contributed by atoms with Gasteiger partial charge in [-0.1, -0.05) is 6.92 Å². The molecule has 3 N–H and O–H groups in total. The van der Waals surface area contributed by atoms with E-state index in [0.29, 0.717) is 30.6 Å². The molecule has 1 fully saturated rings. The van der Waals surface area contributed by atoms with Crippen molar-refractivity contribution >= 4 is 17.5 Å². The molecule has 1 heterocycles. The van der Waals surface area contributed by atoms with E-state index < -0.39 is 0 Å². The zero-order chi connectivity index (χ0) is 18.1. The highest BCUT2D eigenvalue weighted by atomic mass is 16.5. The second kappa shape index (κ2) is 10.0. The van der Waals surface area contributed by atoms with Gasteiger partial charge in [-0.15, -0.1) is 0 Å². The van der Waals surface area contributed by atoms with E-state index in [4.69, 9.17) is 4.74 Å². The van der Waals surface area contributed by atoms with Gasteiger partial charge in [-0.05, 0) is 69.0 Å². The number of benzene rings is 1. The number of anilines is 1. The van der Waals surface area contributed by atoms with Gasteiger partial charge in [0.2, 0.25) is 5.91 Å². The van der Waals surface area contributed by atoms with Gasteiger partial charge < -0.3 is 20.7 Å². The molecule has 1 aromatic carbocycles. The Kier molecular flexibility index (Phi) is 7.73. The zero-order valence-electron chi connectivity index (χ0n) is 15.1. The molecule has 2 rings (SSSR count). The van der Waals surface area contributed by atoms with Gasteiger partial charge >= 0.3 is 0 Å². The van der Waals surface area contributed by atoms with Crippen molar-refractivity contribution in [3.8, 4) is 5.75 Å². The van der Waals surface area contributed by atoms with Crippen LogP contribution in [0.1, 0.15) is 33.1 Å². The molecule has 6 nitrogen and oxygen atoms in total. The van der Waals surface area contributed by atoms with Crippen molar-refractivity contribution in [2.45, 2.75) is 33.1 Å². The molecule has 0 radical (unpaired) electrons. The minimum Gasteiger partial charge on any atom is -0.484 e. The van der Waals surface area contributed by atoms with Crippen LogP contribution >= 0.6 is 0 Å². The summed E-state index contributed by atoms with van der Waals surface area (Å²) in [5.41, 5.74) is 0.740. The van der Waals surface area contributed by atoms with Crippen LogP contribution in [0.25, 0.3) is 0 Å². The van der Waals surface area contributed by atoms with Gasteiger partial charge in [0.25, 0.3) is 5.91 Å². The maximum absolute atomic E-state index is 12.2. The highest BCUT2D eigenvalue weighted by molar-refractivity contribution is 5.90. The lowest BCUT2D eigenvalue weighted by molar-refractivity contribution is -0.123. The zero-order valence-corrected chi connectivity index (χ0v) is 15.1. The van der Waals surface area contributed by atoms with Crippen molar-refractivity contribution < 1.29 is 14.3 Å². The van der Waals surface area contributed by atoms with Crippen LogP contribution in [0, 0.1) is 11.8 Å². The monoisotopic (exact) mass is 347 g/mol. The van der Waals surface area contributed by atoms with Crippen LogP contribution in [0.15, 0.2) is 24.3 Å². The minimum absolute atomic E-state index is 0.00746. The van der Waals surface area contributed by atoms with Crippen LogP contribution in [0.2, 0.25) is 0 Å². The van der Waals surface area contributed by atoms with E-state index in [2.05, 4.69) is 22.9 Å². The molecule has 0 spiro atoms. The topological polar surface area (TPSA) is 79.5 Å². The molecule has 0 aromatic heterocycles. The summed E-state index contributed by atoms with van der Waals surface area (Å²) in [6, 6.07) is 7.09. The van der Waals surface area contributed by atoms with E-state index in [1.165, 1.54) is 12.8 Å². The lowest BCUT2D eigenvalue weighted by Crippen LogP contribution is -2.34. The summed E-state index contributed by atoms with van der Waals surface area (Å²) >= 11 is 0. The number of hydrogen-bond acceptors (Lipinski definition) is 4. The van der Waals surface area contributed by atoms with Crippen LogP contribution in [-0.2, 0) is 9.59 Å². The summed E-state index contributed by atoms with van der Waals surface area (Å²) in [4.78, 5) is 23.6. The fourth-order valence-corrected chi connectivity index (χ4v) is 3.07. The van der Waals surface area contributed by atoms with Gasteiger partial charge in [0, 0.05) is 18.7 Å². The SMILES string of the molecule is CCNC(=O)COc1ccc(NC(=O)CC(C)C2CCCNC2)cc1. The molecule has 6 heteroatoms. The van der Waals surface area contributed by atoms with Crippen molar-refractivity contribution in [2.75, 3.05) is 31.6 Å². The Morgan fingerprint density at radius 2 is 2.04 bits per heavy atom. The fourth-order valence-electron chi connectivity index (χ4n) is 3.07. The van der Waals surface area contributed by atoms with Crippen LogP contribution in [-0.4, -0.2) is 38.1 Å². The third kappa shape index (κ3) is 6.74. The first-order valence-corrected chi connectivity index (χ1v) is 9.08.